The van der Waals surface area contributed by atoms with E-state index >= 15 is 0 Å². The molecule has 1 aliphatic heterocycles. The summed E-state index contributed by atoms with van der Waals surface area (Å²) < 4.78 is 0. The van der Waals surface area contributed by atoms with E-state index in [1.807, 2.05) is 0 Å². The van der Waals surface area contributed by atoms with Crippen LogP contribution in [0.2, 0.25) is 0 Å². The van der Waals surface area contributed by atoms with E-state index in [-0.39, 0.29) is 42.6 Å². The van der Waals surface area contributed by atoms with Crippen LogP contribution in [0, 0.1) is 10.1 Å². The number of rotatable bonds is 12. The molecular weight excluding hydrogens is 386 g/mol. The lowest BCUT2D eigenvalue weighted by molar-refractivity contribution is -0.385. The zero-order valence-corrected chi connectivity index (χ0v) is 15.9. The van der Waals surface area contributed by atoms with Gasteiger partial charge in [-0.05, 0) is 30.9 Å². The summed E-state index contributed by atoms with van der Waals surface area (Å²) in [5.74, 6) is -1.11. The molecule has 0 saturated carbocycles. The Labute approximate surface area is 167 Å². The first-order valence-electron chi connectivity index (χ1n) is 9.32. The van der Waals surface area contributed by atoms with Crippen LogP contribution in [-0.4, -0.2) is 51.3 Å². The minimum absolute atomic E-state index is 0.0417. The molecule has 0 spiro atoms. The number of benzene rings is 1. The highest BCUT2D eigenvalue weighted by molar-refractivity contribution is 5.75. The van der Waals surface area contributed by atoms with Crippen LogP contribution in [0.1, 0.15) is 43.2 Å². The van der Waals surface area contributed by atoms with Crippen LogP contribution in [0.5, 0.6) is 0 Å². The van der Waals surface area contributed by atoms with E-state index in [2.05, 4.69) is 5.32 Å². The molecule has 2 rings (SSSR count). The first-order chi connectivity index (χ1) is 13.9. The van der Waals surface area contributed by atoms with E-state index in [9.17, 15) is 19.7 Å². The van der Waals surface area contributed by atoms with Crippen molar-refractivity contribution >= 4 is 17.6 Å². The number of aliphatic carboxylic acids is 1. The second-order valence-electron chi connectivity index (χ2n) is 6.67. The smallest absolute Gasteiger partial charge is 0.303 e. The first-order valence-corrected chi connectivity index (χ1v) is 9.32. The van der Waals surface area contributed by atoms with Crippen molar-refractivity contribution in [1.29, 1.82) is 0 Å². The number of carboxylic acid groups (broad SMARTS) is 1. The SMILES string of the molecule is O=C(O)CCCC(CCC(=O)NCc1ccc(CO)c([N+](=O)[O-])c1)N1CCOO1. The van der Waals surface area contributed by atoms with Gasteiger partial charge in [-0.3, -0.25) is 19.7 Å². The zero-order chi connectivity index (χ0) is 21.2. The Kier molecular flexibility index (Phi) is 8.93. The summed E-state index contributed by atoms with van der Waals surface area (Å²) in [6.07, 6.45) is 1.70. The summed E-state index contributed by atoms with van der Waals surface area (Å²) in [6, 6.07) is 4.26. The van der Waals surface area contributed by atoms with Gasteiger partial charge in [0, 0.05) is 31.5 Å². The normalized spacial score (nSPS) is 15.2. The first kappa shape index (κ1) is 22.7. The minimum Gasteiger partial charge on any atom is -0.481 e. The molecule has 1 atom stereocenters. The Bertz CT molecular complexity index is 721. The maximum atomic E-state index is 12.2. The number of carbonyl (C=O) groups is 2. The van der Waals surface area contributed by atoms with Crippen molar-refractivity contribution in [2.45, 2.75) is 51.3 Å². The Balaban J connectivity index is 1.84. The van der Waals surface area contributed by atoms with Crippen molar-refractivity contribution in [3.8, 4) is 0 Å². The molecule has 29 heavy (non-hydrogen) atoms. The van der Waals surface area contributed by atoms with E-state index in [0.717, 1.165) is 0 Å². The van der Waals surface area contributed by atoms with Gasteiger partial charge in [0.25, 0.3) is 5.69 Å². The number of amides is 1. The third-order valence-electron chi connectivity index (χ3n) is 4.59. The lowest BCUT2D eigenvalue weighted by Gasteiger charge is -2.23. The summed E-state index contributed by atoms with van der Waals surface area (Å²) in [5.41, 5.74) is 0.572. The number of carboxylic acids is 1. The fourth-order valence-electron chi connectivity index (χ4n) is 3.04. The summed E-state index contributed by atoms with van der Waals surface area (Å²) in [7, 11) is 0. The number of hydrogen-bond acceptors (Lipinski definition) is 8. The average Bonchev–Trinajstić information content (AvgIpc) is 3.23. The van der Waals surface area contributed by atoms with Gasteiger partial charge in [0.1, 0.15) is 0 Å². The van der Waals surface area contributed by atoms with Crippen molar-refractivity contribution in [2.75, 3.05) is 13.2 Å². The van der Waals surface area contributed by atoms with E-state index in [4.69, 9.17) is 20.1 Å². The lowest BCUT2D eigenvalue weighted by atomic mass is 10.0. The molecule has 1 aromatic rings. The van der Waals surface area contributed by atoms with Gasteiger partial charge in [-0.15, -0.1) is 4.99 Å². The van der Waals surface area contributed by atoms with E-state index < -0.39 is 17.5 Å². The third-order valence-corrected chi connectivity index (χ3v) is 4.59. The Morgan fingerprint density at radius 1 is 1.31 bits per heavy atom. The maximum Gasteiger partial charge on any atom is 0.303 e. The average molecular weight is 411 g/mol. The molecule has 1 amide bonds. The number of aliphatic hydroxyl groups excluding tert-OH is 1. The number of carbonyl (C=O) groups excluding carboxylic acids is 1. The van der Waals surface area contributed by atoms with Crippen LogP contribution in [-0.2, 0) is 32.6 Å². The molecule has 0 aromatic heterocycles. The minimum atomic E-state index is -0.874. The van der Waals surface area contributed by atoms with E-state index in [1.165, 1.54) is 12.1 Å². The third kappa shape index (κ3) is 7.38. The van der Waals surface area contributed by atoms with Crippen LogP contribution in [0.15, 0.2) is 18.2 Å². The predicted molar refractivity (Wildman–Crippen MR) is 99.1 cm³/mol. The van der Waals surface area contributed by atoms with Crippen LogP contribution in [0.4, 0.5) is 5.69 Å². The number of aliphatic hydroxyl groups is 1. The van der Waals surface area contributed by atoms with Crippen molar-refractivity contribution in [3.63, 3.8) is 0 Å². The number of nitrogens with zero attached hydrogens (tertiary/aromatic N) is 2. The molecule has 1 unspecified atom stereocenters. The Hall–Kier alpha value is -2.60. The molecule has 0 aliphatic carbocycles. The van der Waals surface area contributed by atoms with E-state index in [1.54, 1.807) is 11.1 Å². The highest BCUT2D eigenvalue weighted by Gasteiger charge is 2.25. The number of nitro groups is 1. The molecule has 1 aromatic carbocycles. The summed E-state index contributed by atoms with van der Waals surface area (Å²) in [6.45, 7) is 0.636. The quantitative estimate of drug-likeness (QED) is 0.262. The number of hydroxylamine groups is 2. The molecule has 11 nitrogen and oxygen atoms in total. The van der Waals surface area contributed by atoms with Crippen molar-refractivity contribution < 1.29 is 34.6 Å². The molecule has 1 heterocycles. The van der Waals surface area contributed by atoms with Gasteiger partial charge in [0.15, 0.2) is 0 Å². The van der Waals surface area contributed by atoms with Crippen molar-refractivity contribution in [1.82, 2.24) is 10.4 Å². The molecule has 1 saturated heterocycles. The fraction of sp³-hybridized carbons (Fsp3) is 0.556. The number of nitro benzene ring substituents is 1. The van der Waals surface area contributed by atoms with Gasteiger partial charge in [0.2, 0.25) is 5.91 Å². The molecule has 11 heteroatoms. The molecule has 0 bridgehead atoms. The summed E-state index contributed by atoms with van der Waals surface area (Å²) >= 11 is 0. The van der Waals surface area contributed by atoms with Gasteiger partial charge in [-0.25, -0.2) is 4.89 Å². The van der Waals surface area contributed by atoms with Crippen molar-refractivity contribution in [3.05, 3.63) is 39.4 Å². The molecule has 1 fully saturated rings. The van der Waals surface area contributed by atoms with Gasteiger partial charge in [-0.1, -0.05) is 6.07 Å². The summed E-state index contributed by atoms with van der Waals surface area (Å²) in [5, 5.41) is 33.3. The molecule has 3 N–H and O–H groups in total. The second-order valence-corrected chi connectivity index (χ2v) is 6.67. The van der Waals surface area contributed by atoms with Gasteiger partial charge >= 0.3 is 5.97 Å². The van der Waals surface area contributed by atoms with Crippen LogP contribution < -0.4 is 5.32 Å². The van der Waals surface area contributed by atoms with Crippen LogP contribution in [0.25, 0.3) is 0 Å². The molecule has 0 radical (unpaired) electrons. The van der Waals surface area contributed by atoms with Crippen LogP contribution in [0.3, 0.4) is 0 Å². The van der Waals surface area contributed by atoms with Gasteiger partial charge < -0.3 is 15.5 Å². The summed E-state index contributed by atoms with van der Waals surface area (Å²) in [4.78, 5) is 43.3. The Morgan fingerprint density at radius 3 is 2.72 bits per heavy atom. The monoisotopic (exact) mass is 411 g/mol. The van der Waals surface area contributed by atoms with E-state index in [0.29, 0.717) is 38.0 Å². The topological polar surface area (TPSA) is 151 Å². The largest absolute Gasteiger partial charge is 0.481 e. The molecule has 1 aliphatic rings. The molecule has 160 valence electrons. The lowest BCUT2D eigenvalue weighted by Crippen LogP contribution is -2.34. The maximum absolute atomic E-state index is 12.2. The second kappa shape index (κ2) is 11.4. The number of nitrogens with one attached hydrogen (secondary N) is 1. The Morgan fingerprint density at radius 2 is 2.10 bits per heavy atom. The highest BCUT2D eigenvalue weighted by Crippen LogP contribution is 2.21. The zero-order valence-electron chi connectivity index (χ0n) is 15.9. The number of hydrogen-bond donors (Lipinski definition) is 3. The van der Waals surface area contributed by atoms with Gasteiger partial charge in [-0.2, -0.15) is 5.06 Å². The fourth-order valence-corrected chi connectivity index (χ4v) is 3.04. The molecular formula is C18H25N3O8. The predicted octanol–water partition coefficient (Wildman–Crippen LogP) is 1.29. The van der Waals surface area contributed by atoms with Crippen molar-refractivity contribution in [2.24, 2.45) is 0 Å². The van der Waals surface area contributed by atoms with Gasteiger partial charge in [0.05, 0.1) is 30.2 Å². The standard InChI is InChI=1S/C18H25N3O8/c22-12-14-5-4-13(10-16(14)21(26)27)11-19-17(23)7-6-15(2-1-3-18(24)25)20-8-9-28-29-20/h4-5,10,15,22H,1-3,6-9,11-12H2,(H,19,23)(H,24,25). The highest BCUT2D eigenvalue weighted by atomic mass is 17.3. The van der Waals surface area contributed by atoms with Crippen LogP contribution >= 0.6 is 0 Å².